The van der Waals surface area contributed by atoms with Crippen molar-refractivity contribution in [2.45, 2.75) is 45.6 Å². The number of ether oxygens (including phenoxy) is 1. The number of carbonyl (C=O) groups is 1. The molecular weight excluding hydrogens is 349 g/mol. The highest BCUT2D eigenvalue weighted by atomic mass is 31.2. The van der Waals surface area contributed by atoms with E-state index in [-0.39, 0.29) is 12.5 Å². The van der Waals surface area contributed by atoms with Gasteiger partial charge in [0, 0.05) is 0 Å². The molecule has 0 aromatic heterocycles. The van der Waals surface area contributed by atoms with Gasteiger partial charge in [0.15, 0.2) is 0 Å². The molecule has 0 saturated heterocycles. The van der Waals surface area contributed by atoms with Gasteiger partial charge in [0.05, 0.1) is 40.3 Å². The molecule has 0 heterocycles. The molecule has 150 valence electrons. The molecule has 0 spiro atoms. The van der Waals surface area contributed by atoms with Gasteiger partial charge in [-0.15, -0.1) is 0 Å². The molecule has 0 rings (SSSR count). The average molecular weight is 383 g/mol. The maximum atomic E-state index is 12.1. The summed E-state index contributed by atoms with van der Waals surface area (Å²) in [4.78, 5) is 23.8. The van der Waals surface area contributed by atoms with Crippen molar-refractivity contribution in [3.63, 3.8) is 0 Å². The maximum absolute atomic E-state index is 12.1. The highest BCUT2D eigenvalue weighted by Gasteiger charge is 2.24. The van der Waals surface area contributed by atoms with Crippen LogP contribution in [-0.2, 0) is 23.1 Å². The van der Waals surface area contributed by atoms with Crippen molar-refractivity contribution in [1.29, 1.82) is 0 Å². The van der Waals surface area contributed by atoms with Crippen molar-refractivity contribution in [3.05, 3.63) is 0 Å². The second-order valence-corrected chi connectivity index (χ2v) is 8.52. The molecule has 8 nitrogen and oxygen atoms in total. The quantitative estimate of drug-likeness (QED) is 0.274. The number of hydrogen-bond acceptors (Lipinski definition) is 7. The third kappa shape index (κ3) is 12.5. The molecule has 0 aromatic rings. The van der Waals surface area contributed by atoms with E-state index in [0.29, 0.717) is 23.9 Å². The summed E-state index contributed by atoms with van der Waals surface area (Å²) in [5.41, 5.74) is 0. The van der Waals surface area contributed by atoms with Crippen molar-refractivity contribution in [2.75, 3.05) is 47.5 Å². The molecule has 0 bridgehead atoms. The van der Waals surface area contributed by atoms with E-state index in [1.54, 1.807) is 0 Å². The first-order valence-corrected chi connectivity index (χ1v) is 10.2. The Morgan fingerprint density at radius 1 is 1.16 bits per heavy atom. The zero-order valence-electron chi connectivity index (χ0n) is 16.1. The molecule has 0 amide bonds. The number of aliphatic hydroxyl groups excluding tert-OH is 1. The summed E-state index contributed by atoms with van der Waals surface area (Å²) in [6.07, 6.45) is 2.04. The van der Waals surface area contributed by atoms with Crippen LogP contribution in [0, 0.1) is 5.92 Å². The molecule has 0 aliphatic carbocycles. The number of phosphoric acid groups is 1. The van der Waals surface area contributed by atoms with E-state index in [9.17, 15) is 19.4 Å². The molecule has 2 atom stereocenters. The summed E-state index contributed by atoms with van der Waals surface area (Å²) in [5.74, 6) is -0.679. The number of nitrogens with zero attached hydrogens (tertiary/aromatic N) is 1. The van der Waals surface area contributed by atoms with Crippen LogP contribution in [0.25, 0.3) is 0 Å². The summed E-state index contributed by atoms with van der Waals surface area (Å²) in [6, 6.07) is 0. The molecule has 0 aromatic carbocycles. The summed E-state index contributed by atoms with van der Waals surface area (Å²) >= 11 is 0. The van der Waals surface area contributed by atoms with Crippen LogP contribution in [0.15, 0.2) is 0 Å². The Kier molecular flexibility index (Phi) is 11.8. The first-order valence-electron chi connectivity index (χ1n) is 8.76. The minimum atomic E-state index is -4.50. The summed E-state index contributed by atoms with van der Waals surface area (Å²) in [6.45, 7) is 3.45. The van der Waals surface area contributed by atoms with E-state index in [1.165, 1.54) is 0 Å². The zero-order valence-corrected chi connectivity index (χ0v) is 17.0. The monoisotopic (exact) mass is 383 g/mol. The van der Waals surface area contributed by atoms with Crippen LogP contribution in [0.3, 0.4) is 0 Å². The summed E-state index contributed by atoms with van der Waals surface area (Å²) in [7, 11) is 1.22. The first-order chi connectivity index (χ1) is 11.5. The van der Waals surface area contributed by atoms with E-state index < -0.39 is 33.1 Å². The van der Waals surface area contributed by atoms with Gasteiger partial charge >= 0.3 is 5.97 Å². The van der Waals surface area contributed by atoms with Crippen LogP contribution in [0.2, 0.25) is 0 Å². The van der Waals surface area contributed by atoms with Gasteiger partial charge < -0.3 is 28.3 Å². The lowest BCUT2D eigenvalue weighted by atomic mass is 9.98. The molecule has 0 saturated carbocycles. The number of phosphoric ester groups is 1. The highest BCUT2D eigenvalue weighted by Crippen LogP contribution is 2.38. The number of hydrogen-bond donors (Lipinski definition) is 1. The fourth-order valence-electron chi connectivity index (χ4n) is 2.10. The lowest BCUT2D eigenvalue weighted by molar-refractivity contribution is -0.870. The summed E-state index contributed by atoms with van der Waals surface area (Å²) in [5, 5.41) is 9.30. The van der Waals surface area contributed by atoms with Crippen molar-refractivity contribution >= 4 is 13.8 Å². The minimum Gasteiger partial charge on any atom is -0.756 e. The van der Waals surface area contributed by atoms with E-state index >= 15 is 0 Å². The topological polar surface area (TPSA) is 105 Å². The van der Waals surface area contributed by atoms with Gasteiger partial charge in [-0.2, -0.15) is 0 Å². The average Bonchev–Trinajstić information content (AvgIpc) is 2.49. The van der Waals surface area contributed by atoms with Gasteiger partial charge in [-0.25, -0.2) is 0 Å². The smallest absolute Gasteiger partial charge is 0.309 e. The number of carbonyl (C=O) groups excluding carboxylic acids is 1. The Balaban J connectivity index is 4.42. The number of aliphatic hydroxyl groups is 1. The fourth-order valence-corrected chi connectivity index (χ4v) is 2.83. The SMILES string of the molecule is CCCC(CCC)C(=O)OC(CO)COP(=O)([O-])OCC[N+](C)(C)C. The second-order valence-electron chi connectivity index (χ2n) is 7.11. The predicted octanol–water partition coefficient (Wildman–Crippen LogP) is 1.31. The minimum absolute atomic E-state index is 0.0110. The summed E-state index contributed by atoms with van der Waals surface area (Å²) < 4.78 is 27.0. The Labute approximate surface area is 151 Å². The van der Waals surface area contributed by atoms with Gasteiger partial charge in [0.25, 0.3) is 7.82 Å². The van der Waals surface area contributed by atoms with Crippen LogP contribution >= 0.6 is 7.82 Å². The van der Waals surface area contributed by atoms with Crippen molar-refractivity contribution < 1.29 is 37.6 Å². The number of quaternary nitrogens is 1. The lowest BCUT2D eigenvalue weighted by Gasteiger charge is -2.28. The molecule has 9 heteroatoms. The van der Waals surface area contributed by atoms with Gasteiger partial charge in [0.2, 0.25) is 0 Å². The number of likely N-dealkylation sites (N-methyl/N-ethyl adjacent to an activating group) is 1. The third-order valence-electron chi connectivity index (χ3n) is 3.52. The predicted molar refractivity (Wildman–Crippen MR) is 92.7 cm³/mol. The van der Waals surface area contributed by atoms with Crippen LogP contribution in [0.5, 0.6) is 0 Å². The van der Waals surface area contributed by atoms with Crippen LogP contribution in [-0.4, -0.2) is 69.2 Å². The third-order valence-corrected chi connectivity index (χ3v) is 4.49. The molecule has 0 aliphatic rings. The molecule has 1 N–H and O–H groups in total. The van der Waals surface area contributed by atoms with Crippen molar-refractivity contribution in [2.24, 2.45) is 5.92 Å². The van der Waals surface area contributed by atoms with Gasteiger partial charge in [-0.3, -0.25) is 9.36 Å². The maximum Gasteiger partial charge on any atom is 0.309 e. The Morgan fingerprint density at radius 2 is 1.72 bits per heavy atom. The van der Waals surface area contributed by atoms with Crippen molar-refractivity contribution in [3.8, 4) is 0 Å². The fraction of sp³-hybridized carbons (Fsp3) is 0.938. The van der Waals surface area contributed by atoms with E-state index in [2.05, 4.69) is 0 Å². The zero-order chi connectivity index (χ0) is 19.5. The lowest BCUT2D eigenvalue weighted by Crippen LogP contribution is -2.37. The molecular formula is C16H34NO7P. The second kappa shape index (κ2) is 12.0. The first kappa shape index (κ1) is 24.5. The Hall–Kier alpha value is -0.500. The van der Waals surface area contributed by atoms with Crippen LogP contribution in [0.1, 0.15) is 39.5 Å². The molecule has 25 heavy (non-hydrogen) atoms. The van der Waals surface area contributed by atoms with E-state index in [0.717, 1.165) is 12.8 Å². The van der Waals surface area contributed by atoms with Gasteiger partial charge in [-0.05, 0) is 12.8 Å². The van der Waals surface area contributed by atoms with Gasteiger partial charge in [0.1, 0.15) is 19.3 Å². The standard InChI is InChI=1S/C16H34NO7P/c1-6-8-14(9-7-2)16(19)24-15(12-18)13-23-25(20,21)22-11-10-17(3,4)5/h14-15,18H,6-13H2,1-5H3. The Morgan fingerprint density at radius 3 is 2.16 bits per heavy atom. The molecule has 2 unspecified atom stereocenters. The van der Waals surface area contributed by atoms with Gasteiger partial charge in [-0.1, -0.05) is 26.7 Å². The number of rotatable bonds is 14. The van der Waals surface area contributed by atoms with Crippen LogP contribution in [0.4, 0.5) is 0 Å². The van der Waals surface area contributed by atoms with Crippen molar-refractivity contribution in [1.82, 2.24) is 0 Å². The molecule has 0 radical (unpaired) electrons. The normalized spacial score (nSPS) is 15.8. The van der Waals surface area contributed by atoms with Crippen LogP contribution < -0.4 is 4.89 Å². The molecule has 0 fully saturated rings. The number of esters is 1. The molecule has 0 aliphatic heterocycles. The largest absolute Gasteiger partial charge is 0.756 e. The van der Waals surface area contributed by atoms with E-state index in [1.807, 2.05) is 35.0 Å². The Bertz CT molecular complexity index is 419. The van der Waals surface area contributed by atoms with E-state index in [4.69, 9.17) is 13.8 Å². The highest BCUT2D eigenvalue weighted by molar-refractivity contribution is 7.45.